The van der Waals surface area contributed by atoms with Gasteiger partial charge in [-0.1, -0.05) is 17.7 Å². The summed E-state index contributed by atoms with van der Waals surface area (Å²) in [7, 11) is 0. The van der Waals surface area contributed by atoms with Crippen molar-refractivity contribution in [3.8, 4) is 0 Å². The van der Waals surface area contributed by atoms with Gasteiger partial charge in [0.2, 0.25) is 0 Å². The third-order valence-electron chi connectivity index (χ3n) is 2.43. The van der Waals surface area contributed by atoms with Crippen molar-refractivity contribution in [3.63, 3.8) is 0 Å². The first-order valence-corrected chi connectivity index (χ1v) is 5.79. The van der Waals surface area contributed by atoms with E-state index in [-0.39, 0.29) is 11.6 Å². The monoisotopic (exact) mass is 245 g/mol. The maximum Gasteiger partial charge on any atom is 0.141 e. The molecule has 1 aromatic rings. The number of rotatable bonds is 6. The molecule has 0 spiro atoms. The number of halogens is 2. The molecule has 1 aromatic carbocycles. The summed E-state index contributed by atoms with van der Waals surface area (Å²) in [6, 6.07) is 5.05. The molecule has 0 saturated heterocycles. The molecule has 1 unspecified atom stereocenters. The fourth-order valence-corrected chi connectivity index (χ4v) is 1.64. The molecule has 0 amide bonds. The lowest BCUT2D eigenvalue weighted by molar-refractivity contribution is 0.276. The summed E-state index contributed by atoms with van der Waals surface area (Å²) >= 11 is 5.68. The molecule has 0 radical (unpaired) electrons. The van der Waals surface area contributed by atoms with E-state index in [2.05, 4.69) is 12.2 Å². The highest BCUT2D eigenvalue weighted by molar-refractivity contribution is 6.30. The van der Waals surface area contributed by atoms with Crippen molar-refractivity contribution >= 4 is 11.6 Å². The second-order valence-corrected chi connectivity index (χ2v) is 4.30. The second kappa shape index (κ2) is 6.84. The zero-order chi connectivity index (χ0) is 12.0. The quantitative estimate of drug-likeness (QED) is 0.808. The van der Waals surface area contributed by atoms with Crippen molar-refractivity contribution in [2.75, 3.05) is 6.61 Å². The molecule has 90 valence electrons. The Balaban J connectivity index is 2.39. The average Bonchev–Trinajstić information content (AvgIpc) is 2.28. The zero-order valence-electron chi connectivity index (χ0n) is 9.34. The third-order valence-corrected chi connectivity index (χ3v) is 2.72. The van der Waals surface area contributed by atoms with Crippen LogP contribution in [-0.2, 0) is 6.54 Å². The minimum Gasteiger partial charge on any atom is -0.396 e. The molecule has 0 fully saturated rings. The van der Waals surface area contributed by atoms with Gasteiger partial charge in [0, 0.05) is 19.2 Å². The van der Waals surface area contributed by atoms with Crippen LogP contribution in [0.15, 0.2) is 18.2 Å². The predicted octanol–water partition coefficient (Wildman–Crippen LogP) is 2.73. The average molecular weight is 246 g/mol. The molecule has 0 aromatic heterocycles. The number of aliphatic hydroxyl groups excluding tert-OH is 1. The van der Waals surface area contributed by atoms with E-state index in [4.69, 9.17) is 16.7 Å². The summed E-state index contributed by atoms with van der Waals surface area (Å²) in [5, 5.41) is 12.1. The van der Waals surface area contributed by atoms with Gasteiger partial charge in [0.15, 0.2) is 0 Å². The predicted molar refractivity (Wildman–Crippen MR) is 64.0 cm³/mol. The highest BCUT2D eigenvalue weighted by Crippen LogP contribution is 2.16. The van der Waals surface area contributed by atoms with Crippen LogP contribution in [0.2, 0.25) is 5.02 Å². The van der Waals surface area contributed by atoms with E-state index in [1.54, 1.807) is 12.1 Å². The first kappa shape index (κ1) is 13.4. The Morgan fingerprint density at radius 3 is 2.88 bits per heavy atom. The lowest BCUT2D eigenvalue weighted by atomic mass is 10.1. The molecule has 0 aliphatic heterocycles. The van der Waals surface area contributed by atoms with Crippen LogP contribution >= 0.6 is 11.6 Å². The molecule has 2 nitrogen and oxygen atoms in total. The number of benzene rings is 1. The normalized spacial score (nSPS) is 12.8. The van der Waals surface area contributed by atoms with Crippen LogP contribution in [0.4, 0.5) is 4.39 Å². The smallest absolute Gasteiger partial charge is 0.141 e. The van der Waals surface area contributed by atoms with E-state index in [0.29, 0.717) is 12.6 Å². The van der Waals surface area contributed by atoms with E-state index in [9.17, 15) is 4.39 Å². The fourth-order valence-electron chi connectivity index (χ4n) is 1.44. The Labute approximate surface area is 100 Å². The summed E-state index contributed by atoms with van der Waals surface area (Å²) in [6.07, 6.45) is 1.71. The topological polar surface area (TPSA) is 32.3 Å². The van der Waals surface area contributed by atoms with Gasteiger partial charge in [-0.25, -0.2) is 4.39 Å². The van der Waals surface area contributed by atoms with Gasteiger partial charge in [-0.2, -0.15) is 0 Å². The van der Waals surface area contributed by atoms with E-state index in [1.807, 2.05) is 0 Å². The van der Waals surface area contributed by atoms with Crippen LogP contribution in [0, 0.1) is 5.82 Å². The maximum atomic E-state index is 12.9. The van der Waals surface area contributed by atoms with Crippen LogP contribution in [0.25, 0.3) is 0 Å². The van der Waals surface area contributed by atoms with Gasteiger partial charge in [0.25, 0.3) is 0 Å². The highest BCUT2D eigenvalue weighted by Gasteiger charge is 2.03. The molecule has 1 atom stereocenters. The van der Waals surface area contributed by atoms with E-state index < -0.39 is 5.82 Å². The standard InChI is InChI=1S/C12H17ClFNO/c1-9(3-2-6-16)15-8-10-4-5-12(14)11(13)7-10/h4-5,7,9,15-16H,2-3,6,8H2,1H3. The minimum absolute atomic E-state index is 0.155. The van der Waals surface area contributed by atoms with Crippen molar-refractivity contribution < 1.29 is 9.50 Å². The van der Waals surface area contributed by atoms with Crippen molar-refractivity contribution in [1.29, 1.82) is 0 Å². The van der Waals surface area contributed by atoms with Gasteiger partial charge in [0.05, 0.1) is 5.02 Å². The zero-order valence-corrected chi connectivity index (χ0v) is 10.1. The summed E-state index contributed by atoms with van der Waals surface area (Å²) in [6.45, 7) is 2.93. The Hall–Kier alpha value is -0.640. The summed E-state index contributed by atoms with van der Waals surface area (Å²) in [5.41, 5.74) is 0.960. The molecule has 2 N–H and O–H groups in total. The van der Waals surface area contributed by atoms with Crippen molar-refractivity contribution in [2.45, 2.75) is 32.4 Å². The molecule has 0 aliphatic rings. The molecular formula is C12H17ClFNO. The SMILES string of the molecule is CC(CCCO)NCc1ccc(F)c(Cl)c1. The number of nitrogens with one attached hydrogen (secondary N) is 1. The first-order valence-electron chi connectivity index (χ1n) is 5.41. The summed E-state index contributed by atoms with van der Waals surface area (Å²) < 4.78 is 12.9. The van der Waals surface area contributed by atoms with Gasteiger partial charge in [0.1, 0.15) is 5.82 Å². The Kier molecular flexibility index (Phi) is 5.74. The van der Waals surface area contributed by atoms with Crippen LogP contribution in [0.5, 0.6) is 0 Å². The van der Waals surface area contributed by atoms with E-state index >= 15 is 0 Å². The molecule has 0 bridgehead atoms. The Bertz CT molecular complexity index is 333. The number of hydrogen-bond donors (Lipinski definition) is 2. The molecule has 0 aliphatic carbocycles. The van der Waals surface area contributed by atoms with Gasteiger partial charge in [-0.15, -0.1) is 0 Å². The molecule has 0 heterocycles. The lowest BCUT2D eigenvalue weighted by Gasteiger charge is -2.13. The van der Waals surface area contributed by atoms with Crippen molar-refractivity contribution in [3.05, 3.63) is 34.6 Å². The third kappa shape index (κ3) is 4.47. The van der Waals surface area contributed by atoms with Crippen molar-refractivity contribution in [2.24, 2.45) is 0 Å². The largest absolute Gasteiger partial charge is 0.396 e. The van der Waals surface area contributed by atoms with Crippen LogP contribution in [-0.4, -0.2) is 17.8 Å². The highest BCUT2D eigenvalue weighted by atomic mass is 35.5. The Morgan fingerprint density at radius 2 is 2.25 bits per heavy atom. The minimum atomic E-state index is -0.390. The fraction of sp³-hybridized carbons (Fsp3) is 0.500. The van der Waals surface area contributed by atoms with Crippen LogP contribution in [0.3, 0.4) is 0 Å². The Morgan fingerprint density at radius 1 is 1.50 bits per heavy atom. The number of hydrogen-bond acceptors (Lipinski definition) is 2. The van der Waals surface area contributed by atoms with Crippen molar-refractivity contribution in [1.82, 2.24) is 5.32 Å². The van der Waals surface area contributed by atoms with E-state index in [1.165, 1.54) is 6.07 Å². The van der Waals surface area contributed by atoms with E-state index in [0.717, 1.165) is 18.4 Å². The molecule has 16 heavy (non-hydrogen) atoms. The lowest BCUT2D eigenvalue weighted by Crippen LogP contribution is -2.25. The molecule has 0 saturated carbocycles. The van der Waals surface area contributed by atoms with Gasteiger partial charge in [-0.05, 0) is 37.5 Å². The van der Waals surface area contributed by atoms with Crippen LogP contribution in [0.1, 0.15) is 25.3 Å². The van der Waals surface area contributed by atoms with Gasteiger partial charge >= 0.3 is 0 Å². The van der Waals surface area contributed by atoms with Gasteiger partial charge in [-0.3, -0.25) is 0 Å². The van der Waals surface area contributed by atoms with Crippen LogP contribution < -0.4 is 5.32 Å². The summed E-state index contributed by atoms with van der Waals surface area (Å²) in [4.78, 5) is 0. The number of aliphatic hydroxyl groups is 1. The second-order valence-electron chi connectivity index (χ2n) is 3.90. The molecule has 4 heteroatoms. The van der Waals surface area contributed by atoms with Gasteiger partial charge < -0.3 is 10.4 Å². The molecule has 1 rings (SSSR count). The maximum absolute atomic E-state index is 12.9. The molecular weight excluding hydrogens is 229 g/mol. The first-order chi connectivity index (χ1) is 7.63. The summed E-state index contributed by atoms with van der Waals surface area (Å²) in [5.74, 6) is -0.390.